The second kappa shape index (κ2) is 9.02. The number of carbonyl (C=O) groups excluding carboxylic acids is 1. The van der Waals surface area contributed by atoms with Crippen molar-refractivity contribution < 1.29 is 9.53 Å². The Morgan fingerprint density at radius 1 is 1.24 bits per heavy atom. The Kier molecular flexibility index (Phi) is 7.02. The molecule has 1 aliphatic heterocycles. The van der Waals surface area contributed by atoms with Crippen molar-refractivity contribution in [3.05, 3.63) is 47.5 Å². The number of hydrogen-bond acceptors (Lipinski definition) is 3. The van der Waals surface area contributed by atoms with Gasteiger partial charge in [-0.2, -0.15) is 0 Å². The van der Waals surface area contributed by atoms with Gasteiger partial charge in [-0.25, -0.2) is 4.79 Å². The van der Waals surface area contributed by atoms with Crippen LogP contribution in [0.25, 0.3) is 0 Å². The van der Waals surface area contributed by atoms with E-state index in [1.54, 1.807) is 11.9 Å². The molecule has 1 N–H and O–H groups in total. The minimum atomic E-state index is -0.0802. The highest BCUT2D eigenvalue weighted by molar-refractivity contribution is 5.74. The van der Waals surface area contributed by atoms with Crippen molar-refractivity contribution in [2.45, 2.75) is 46.1 Å². The molecule has 2 amide bonds. The third-order valence-corrected chi connectivity index (χ3v) is 4.22. The summed E-state index contributed by atoms with van der Waals surface area (Å²) in [6, 6.07) is 8.38. The van der Waals surface area contributed by atoms with Crippen molar-refractivity contribution in [2.75, 3.05) is 26.7 Å². The highest BCUT2D eigenvalue weighted by atomic mass is 16.5. The van der Waals surface area contributed by atoms with Gasteiger partial charge in [0.05, 0.1) is 12.2 Å². The van der Waals surface area contributed by atoms with Crippen LogP contribution in [0.1, 0.15) is 31.9 Å². The average molecular weight is 345 g/mol. The normalized spacial score (nSPS) is 21.0. The van der Waals surface area contributed by atoms with E-state index in [-0.39, 0.29) is 18.2 Å². The van der Waals surface area contributed by atoms with Gasteiger partial charge in [-0.05, 0) is 31.9 Å². The topological polar surface area (TPSA) is 44.8 Å². The van der Waals surface area contributed by atoms with Gasteiger partial charge >= 0.3 is 6.03 Å². The lowest BCUT2D eigenvalue weighted by molar-refractivity contribution is -0.0704. The summed E-state index contributed by atoms with van der Waals surface area (Å²) in [6.07, 6.45) is 0.573. The van der Waals surface area contributed by atoms with Crippen LogP contribution < -0.4 is 5.32 Å². The van der Waals surface area contributed by atoms with E-state index in [4.69, 9.17) is 4.74 Å². The smallest absolute Gasteiger partial charge is 0.317 e. The predicted octanol–water partition coefficient (Wildman–Crippen LogP) is 3.01. The van der Waals surface area contributed by atoms with E-state index >= 15 is 0 Å². The number of ether oxygens (including phenoxy) is 1. The number of benzene rings is 1. The van der Waals surface area contributed by atoms with Gasteiger partial charge in [0.15, 0.2) is 0 Å². The highest BCUT2D eigenvalue weighted by Crippen LogP contribution is 2.14. The van der Waals surface area contributed by atoms with E-state index in [9.17, 15) is 4.79 Å². The number of morpholine rings is 1. The van der Waals surface area contributed by atoms with E-state index in [2.05, 4.69) is 54.9 Å². The zero-order valence-corrected chi connectivity index (χ0v) is 15.9. The van der Waals surface area contributed by atoms with Gasteiger partial charge < -0.3 is 15.0 Å². The van der Waals surface area contributed by atoms with Crippen LogP contribution in [-0.2, 0) is 17.8 Å². The SMILES string of the molecule is C=C(C)CN(C)C(=O)NCc1ccc(CN2C[C@@H](C)O[C@H](C)C2)cc1. The molecule has 1 aromatic carbocycles. The summed E-state index contributed by atoms with van der Waals surface area (Å²) < 4.78 is 5.78. The molecule has 2 rings (SSSR count). The van der Waals surface area contributed by atoms with E-state index in [1.165, 1.54) is 5.56 Å². The van der Waals surface area contributed by atoms with Gasteiger partial charge in [0.1, 0.15) is 0 Å². The van der Waals surface area contributed by atoms with Crippen LogP contribution in [0.5, 0.6) is 0 Å². The Labute approximate surface area is 151 Å². The predicted molar refractivity (Wildman–Crippen MR) is 101 cm³/mol. The van der Waals surface area contributed by atoms with Gasteiger partial charge in [0.25, 0.3) is 0 Å². The molecule has 25 heavy (non-hydrogen) atoms. The molecule has 1 saturated heterocycles. The largest absolute Gasteiger partial charge is 0.373 e. The molecule has 0 spiro atoms. The first kappa shape index (κ1) is 19.5. The maximum atomic E-state index is 12.0. The molecule has 5 heteroatoms. The molecule has 1 aromatic rings. The Morgan fingerprint density at radius 3 is 2.36 bits per heavy atom. The summed E-state index contributed by atoms with van der Waals surface area (Å²) in [4.78, 5) is 16.1. The number of rotatable bonds is 6. The van der Waals surface area contributed by atoms with Crippen LogP contribution in [0.2, 0.25) is 0 Å². The van der Waals surface area contributed by atoms with Crippen molar-refractivity contribution in [3.63, 3.8) is 0 Å². The molecule has 138 valence electrons. The molecular formula is C20H31N3O2. The monoisotopic (exact) mass is 345 g/mol. The molecule has 1 aliphatic rings. The van der Waals surface area contributed by atoms with Gasteiger partial charge in [-0.3, -0.25) is 4.90 Å². The van der Waals surface area contributed by atoms with Crippen molar-refractivity contribution in [1.29, 1.82) is 0 Å². The van der Waals surface area contributed by atoms with Gasteiger partial charge in [0.2, 0.25) is 0 Å². The van der Waals surface area contributed by atoms with Crippen LogP contribution in [0.4, 0.5) is 4.79 Å². The second-order valence-electron chi connectivity index (χ2n) is 7.24. The van der Waals surface area contributed by atoms with Crippen LogP contribution in [-0.4, -0.2) is 54.7 Å². The van der Waals surface area contributed by atoms with E-state index < -0.39 is 0 Å². The lowest BCUT2D eigenvalue weighted by atomic mass is 10.1. The summed E-state index contributed by atoms with van der Waals surface area (Å²) >= 11 is 0. The average Bonchev–Trinajstić information content (AvgIpc) is 2.52. The van der Waals surface area contributed by atoms with Gasteiger partial charge in [-0.15, -0.1) is 0 Å². The summed E-state index contributed by atoms with van der Waals surface area (Å²) in [6.45, 7) is 14.0. The lowest BCUT2D eigenvalue weighted by Gasteiger charge is -2.35. The van der Waals surface area contributed by atoms with Gasteiger partial charge in [-0.1, -0.05) is 36.4 Å². The van der Waals surface area contributed by atoms with E-state index in [1.807, 2.05) is 6.92 Å². The molecule has 2 atom stereocenters. The Bertz CT molecular complexity index is 575. The van der Waals surface area contributed by atoms with Crippen molar-refractivity contribution in [1.82, 2.24) is 15.1 Å². The third-order valence-electron chi connectivity index (χ3n) is 4.22. The Morgan fingerprint density at radius 2 is 1.80 bits per heavy atom. The molecule has 5 nitrogen and oxygen atoms in total. The molecule has 0 unspecified atom stereocenters. The van der Waals surface area contributed by atoms with Gasteiger partial charge in [0, 0.05) is 39.8 Å². The van der Waals surface area contributed by atoms with Crippen LogP contribution in [0.3, 0.4) is 0 Å². The van der Waals surface area contributed by atoms with Crippen LogP contribution in [0.15, 0.2) is 36.4 Å². The summed E-state index contributed by atoms with van der Waals surface area (Å²) in [5.41, 5.74) is 3.36. The summed E-state index contributed by atoms with van der Waals surface area (Å²) in [7, 11) is 1.78. The minimum absolute atomic E-state index is 0.0802. The lowest BCUT2D eigenvalue weighted by Crippen LogP contribution is -2.44. The zero-order valence-electron chi connectivity index (χ0n) is 15.9. The number of hydrogen-bond donors (Lipinski definition) is 1. The molecule has 0 aliphatic carbocycles. The number of likely N-dealkylation sites (N-methyl/N-ethyl adjacent to an activating group) is 1. The van der Waals surface area contributed by atoms with E-state index in [0.29, 0.717) is 13.1 Å². The first-order valence-corrected chi connectivity index (χ1v) is 8.92. The molecule has 1 heterocycles. The van der Waals surface area contributed by atoms with Crippen LogP contribution in [0, 0.1) is 0 Å². The number of nitrogens with zero attached hydrogens (tertiary/aromatic N) is 2. The molecule has 1 fully saturated rings. The fourth-order valence-electron chi connectivity index (χ4n) is 3.22. The second-order valence-corrected chi connectivity index (χ2v) is 7.24. The summed E-state index contributed by atoms with van der Waals surface area (Å²) in [5, 5.41) is 2.94. The molecule has 0 bridgehead atoms. The first-order valence-electron chi connectivity index (χ1n) is 8.92. The maximum Gasteiger partial charge on any atom is 0.317 e. The fraction of sp³-hybridized carbons (Fsp3) is 0.550. The Hall–Kier alpha value is -1.85. The minimum Gasteiger partial charge on any atom is -0.373 e. The molecule has 0 aromatic heterocycles. The number of nitrogens with one attached hydrogen (secondary N) is 1. The van der Waals surface area contributed by atoms with E-state index in [0.717, 1.165) is 30.8 Å². The summed E-state index contributed by atoms with van der Waals surface area (Å²) in [5.74, 6) is 0. The number of amides is 2. The van der Waals surface area contributed by atoms with Crippen molar-refractivity contribution in [3.8, 4) is 0 Å². The zero-order chi connectivity index (χ0) is 18.4. The number of urea groups is 1. The molecular weight excluding hydrogens is 314 g/mol. The third kappa shape index (κ3) is 6.52. The molecule has 0 saturated carbocycles. The quantitative estimate of drug-likeness (QED) is 0.806. The number of carbonyl (C=O) groups is 1. The Balaban J connectivity index is 1.81. The fourth-order valence-corrected chi connectivity index (χ4v) is 3.22. The van der Waals surface area contributed by atoms with Crippen LogP contribution >= 0.6 is 0 Å². The maximum absolute atomic E-state index is 12.0. The highest BCUT2D eigenvalue weighted by Gasteiger charge is 2.21. The first-order chi connectivity index (χ1) is 11.8. The standard InChI is InChI=1S/C20H31N3O2/c1-15(2)11-22(5)20(24)21-10-18-6-8-19(9-7-18)14-23-12-16(3)25-17(4)13-23/h6-9,16-17H,1,10-14H2,2-5H3,(H,21,24)/t16-,17-/m1/s1. The van der Waals surface area contributed by atoms with Crippen molar-refractivity contribution in [2.24, 2.45) is 0 Å². The molecule has 0 radical (unpaired) electrons. The van der Waals surface area contributed by atoms with Crippen molar-refractivity contribution >= 4 is 6.03 Å².